The third kappa shape index (κ3) is 28.7. The summed E-state index contributed by atoms with van der Waals surface area (Å²) in [5.74, 6) is 0. The summed E-state index contributed by atoms with van der Waals surface area (Å²) in [5.41, 5.74) is 0. The number of halogens is 1. The molecule has 0 atom stereocenters. The summed E-state index contributed by atoms with van der Waals surface area (Å²) in [7, 11) is 0. The molecule has 6 heteroatoms. The molecule has 0 fully saturated rings. The summed E-state index contributed by atoms with van der Waals surface area (Å²) in [6.07, 6.45) is 0. The van der Waals surface area contributed by atoms with Crippen LogP contribution in [-0.2, 0) is 19.5 Å². The summed E-state index contributed by atoms with van der Waals surface area (Å²) in [5, 5.41) is 0. The van der Waals surface area contributed by atoms with Crippen LogP contribution in [0.25, 0.3) is 0 Å². The van der Waals surface area contributed by atoms with Crippen molar-refractivity contribution in [3.63, 3.8) is 0 Å². The normalized spacial score (nSPS) is 6.00. The quantitative estimate of drug-likeness (QED) is 0.355. The van der Waals surface area contributed by atoms with Gasteiger partial charge in [0, 0.05) is 70.9 Å². The van der Waals surface area contributed by atoms with Gasteiger partial charge in [0.05, 0.1) is 0 Å². The minimum absolute atomic E-state index is 0. The van der Waals surface area contributed by atoms with E-state index >= 15 is 0 Å². The fourth-order valence-corrected chi connectivity index (χ4v) is 0. The summed E-state index contributed by atoms with van der Waals surface area (Å²) >= 11 is -3.76. The van der Waals surface area contributed by atoms with Crippen LogP contribution in [0.4, 0.5) is 0 Å². The Hall–Kier alpha value is 2.87. The minimum Gasteiger partial charge on any atom is -0.396 e. The molecule has 0 aliphatic heterocycles. The SMILES string of the molecule is [K].[O-][I+2]([O-])O.[Zn]. The molecule has 0 aromatic heterocycles. The fourth-order valence-electron chi connectivity index (χ4n) is 0. The first kappa shape index (κ1) is 15.9. The zero-order valence-electron chi connectivity index (χ0n) is 3.35. The standard InChI is InChI=1S/HIO3.K.Zn/c2-1(3)4;;/h2H;;. The predicted octanol–water partition coefficient (Wildman–Crippen LogP) is -6.31. The van der Waals surface area contributed by atoms with E-state index in [4.69, 9.17) is 10.3 Å². The molecule has 1 N–H and O–H groups in total. The van der Waals surface area contributed by atoms with Crippen LogP contribution in [0, 0.1) is 0 Å². The molecule has 0 saturated heterocycles. The smallest absolute Gasteiger partial charge is 0.396 e. The van der Waals surface area contributed by atoms with Crippen LogP contribution in [-0.4, -0.2) is 54.8 Å². The summed E-state index contributed by atoms with van der Waals surface area (Å²) in [6, 6.07) is 0. The van der Waals surface area contributed by atoms with Gasteiger partial charge in [-0.1, -0.05) is 0 Å². The van der Waals surface area contributed by atoms with Crippen molar-refractivity contribution in [3.05, 3.63) is 0 Å². The Morgan fingerprint density at radius 3 is 1.33 bits per heavy atom. The van der Waals surface area contributed by atoms with Crippen molar-refractivity contribution in [3.8, 4) is 0 Å². The maximum absolute atomic E-state index is 8.68. The molecule has 0 aliphatic carbocycles. The van der Waals surface area contributed by atoms with Crippen LogP contribution in [0.5, 0.6) is 0 Å². The number of hydrogen-bond acceptors (Lipinski definition) is 3. The zero-order valence-corrected chi connectivity index (χ0v) is 11.6. The molecular formula is HIKO3Zn. The van der Waals surface area contributed by atoms with Gasteiger partial charge in [0.2, 0.25) is 0 Å². The van der Waals surface area contributed by atoms with E-state index < -0.39 is 21.1 Å². The number of hydrogen-bond donors (Lipinski definition) is 1. The van der Waals surface area contributed by atoms with Crippen molar-refractivity contribution < 1.29 is 50.9 Å². The van der Waals surface area contributed by atoms with E-state index in [9.17, 15) is 0 Å². The molecule has 0 bridgehead atoms. The minimum atomic E-state index is -3.76. The van der Waals surface area contributed by atoms with E-state index in [2.05, 4.69) is 0 Å². The zero-order chi connectivity index (χ0) is 3.58. The Kier molecular flexibility index (Phi) is 28.6. The van der Waals surface area contributed by atoms with Crippen LogP contribution < -0.4 is 27.9 Å². The van der Waals surface area contributed by atoms with Gasteiger partial charge in [-0.15, -0.1) is 0 Å². The van der Waals surface area contributed by atoms with Crippen molar-refractivity contribution in [2.45, 2.75) is 0 Å². The third-order valence-electron chi connectivity index (χ3n) is 0. The second kappa shape index (κ2) is 10.8. The average Bonchev–Trinajstić information content (AvgIpc) is 0.811. The summed E-state index contributed by atoms with van der Waals surface area (Å²) < 4.78 is 24.5. The second-order valence-corrected chi connectivity index (χ2v) is 1.35. The molecule has 0 aromatic rings. The van der Waals surface area contributed by atoms with Gasteiger partial charge < -0.3 is 6.87 Å². The molecule has 0 spiro atoms. The van der Waals surface area contributed by atoms with Crippen LogP contribution in [0.3, 0.4) is 0 Å². The second-order valence-electron chi connectivity index (χ2n) is 0.201. The molecule has 29 valence electrons. The van der Waals surface area contributed by atoms with E-state index in [-0.39, 0.29) is 70.9 Å². The van der Waals surface area contributed by atoms with Gasteiger partial charge in [-0.25, -0.2) is 0 Å². The molecule has 0 amide bonds. The molecule has 0 saturated carbocycles. The Balaban J connectivity index is -0.0000000450. The molecule has 0 aromatic carbocycles. The predicted molar refractivity (Wildman–Crippen MR) is 7.97 cm³/mol. The van der Waals surface area contributed by atoms with E-state index in [1.807, 2.05) is 0 Å². The van der Waals surface area contributed by atoms with E-state index in [0.717, 1.165) is 0 Å². The maximum atomic E-state index is 8.68. The van der Waals surface area contributed by atoms with Crippen molar-refractivity contribution in [1.29, 1.82) is 0 Å². The topological polar surface area (TPSA) is 66.3 Å². The molecule has 6 heavy (non-hydrogen) atoms. The van der Waals surface area contributed by atoms with Gasteiger partial charge in [-0.3, -0.25) is 0 Å². The van der Waals surface area contributed by atoms with Crippen LogP contribution >= 0.6 is 0 Å². The average molecular weight is 280 g/mol. The maximum Gasteiger partial charge on any atom is 0.503 e. The van der Waals surface area contributed by atoms with E-state index in [0.29, 0.717) is 0 Å². The van der Waals surface area contributed by atoms with E-state index in [1.54, 1.807) is 0 Å². The van der Waals surface area contributed by atoms with Gasteiger partial charge >= 0.3 is 21.1 Å². The third-order valence-corrected chi connectivity index (χ3v) is 0. The molecule has 0 heterocycles. The van der Waals surface area contributed by atoms with Crippen molar-refractivity contribution in [2.24, 2.45) is 0 Å². The van der Waals surface area contributed by atoms with Crippen LogP contribution in [0.15, 0.2) is 0 Å². The van der Waals surface area contributed by atoms with Crippen molar-refractivity contribution >= 4 is 51.4 Å². The molecular weight excluding hydrogens is 279 g/mol. The Morgan fingerprint density at radius 1 is 1.33 bits per heavy atom. The van der Waals surface area contributed by atoms with Crippen LogP contribution in [0.1, 0.15) is 0 Å². The molecule has 3 nitrogen and oxygen atoms in total. The van der Waals surface area contributed by atoms with Crippen molar-refractivity contribution in [1.82, 2.24) is 0 Å². The Bertz CT molecular complexity index is 15.5. The van der Waals surface area contributed by atoms with Crippen molar-refractivity contribution in [2.75, 3.05) is 0 Å². The molecule has 0 rings (SSSR count). The summed E-state index contributed by atoms with van der Waals surface area (Å²) in [4.78, 5) is 0. The fraction of sp³-hybridized carbons (Fsp3) is 0. The van der Waals surface area contributed by atoms with Gasteiger partial charge in [0.15, 0.2) is 0 Å². The molecule has 1 radical (unpaired) electrons. The first-order valence-corrected chi connectivity index (χ1v) is 3.20. The van der Waals surface area contributed by atoms with Crippen LogP contribution in [0.2, 0.25) is 0 Å². The first-order valence-electron chi connectivity index (χ1n) is 0.478. The monoisotopic (exact) mass is 279 g/mol. The Labute approximate surface area is 99.7 Å². The first-order chi connectivity index (χ1) is 1.73. The number of rotatable bonds is 0. The Morgan fingerprint density at radius 2 is 1.33 bits per heavy atom. The van der Waals surface area contributed by atoms with Gasteiger partial charge in [-0.05, 0) is 3.44 Å². The van der Waals surface area contributed by atoms with Gasteiger partial charge in [-0.2, -0.15) is 0 Å². The largest absolute Gasteiger partial charge is 0.503 e. The summed E-state index contributed by atoms with van der Waals surface area (Å²) in [6.45, 7) is 0. The molecule has 0 unspecified atom stereocenters. The van der Waals surface area contributed by atoms with Gasteiger partial charge in [0.25, 0.3) is 0 Å². The van der Waals surface area contributed by atoms with E-state index in [1.165, 1.54) is 0 Å². The molecule has 0 aliphatic rings. The van der Waals surface area contributed by atoms with Gasteiger partial charge in [0.1, 0.15) is 0 Å².